The summed E-state index contributed by atoms with van der Waals surface area (Å²) in [6.07, 6.45) is 7.05. The zero-order valence-electron chi connectivity index (χ0n) is 17.9. The van der Waals surface area contributed by atoms with Crippen LogP contribution in [0.25, 0.3) is 11.4 Å². The molecular formula is C26H27Cl2N3. The highest BCUT2D eigenvalue weighted by molar-refractivity contribution is 6.33. The molecule has 0 spiro atoms. The van der Waals surface area contributed by atoms with Crippen LogP contribution in [0.5, 0.6) is 0 Å². The van der Waals surface area contributed by atoms with Crippen molar-refractivity contribution in [3.05, 3.63) is 74.5 Å². The maximum absolute atomic E-state index is 6.71. The van der Waals surface area contributed by atoms with Crippen LogP contribution in [0.4, 0.5) is 0 Å². The van der Waals surface area contributed by atoms with Crippen molar-refractivity contribution >= 4 is 23.2 Å². The van der Waals surface area contributed by atoms with Gasteiger partial charge < -0.3 is 4.57 Å². The van der Waals surface area contributed by atoms with E-state index in [-0.39, 0.29) is 0 Å². The van der Waals surface area contributed by atoms with Crippen LogP contribution in [0.15, 0.2) is 36.4 Å². The van der Waals surface area contributed by atoms with Crippen molar-refractivity contribution in [3.63, 3.8) is 0 Å². The van der Waals surface area contributed by atoms with E-state index < -0.39 is 0 Å². The number of halogens is 2. The first-order valence-electron chi connectivity index (χ1n) is 11.4. The van der Waals surface area contributed by atoms with Crippen molar-refractivity contribution in [1.29, 1.82) is 0 Å². The van der Waals surface area contributed by atoms with Crippen molar-refractivity contribution in [2.45, 2.75) is 57.0 Å². The second-order valence-electron chi connectivity index (χ2n) is 9.43. The summed E-state index contributed by atoms with van der Waals surface area (Å²) in [6.45, 7) is 2.00. The molecule has 1 atom stereocenters. The Balaban J connectivity index is 1.25. The third-order valence-electron chi connectivity index (χ3n) is 7.46. The molecule has 0 bridgehead atoms. The van der Waals surface area contributed by atoms with Gasteiger partial charge in [-0.1, -0.05) is 35.3 Å². The molecule has 3 aliphatic rings. The first-order valence-corrected chi connectivity index (χ1v) is 12.2. The summed E-state index contributed by atoms with van der Waals surface area (Å²) in [5.74, 6) is 1.71. The van der Waals surface area contributed by atoms with E-state index in [0.717, 1.165) is 53.8 Å². The van der Waals surface area contributed by atoms with Crippen molar-refractivity contribution in [2.75, 3.05) is 6.54 Å². The highest BCUT2D eigenvalue weighted by Gasteiger charge is 2.31. The molecule has 160 valence electrons. The third kappa shape index (κ3) is 3.61. The lowest BCUT2D eigenvalue weighted by Gasteiger charge is -2.37. The highest BCUT2D eigenvalue weighted by Crippen LogP contribution is 2.42. The van der Waals surface area contributed by atoms with Crippen LogP contribution < -0.4 is 0 Å². The van der Waals surface area contributed by atoms with Gasteiger partial charge in [0.25, 0.3) is 0 Å². The van der Waals surface area contributed by atoms with Crippen molar-refractivity contribution < 1.29 is 0 Å². The molecule has 1 unspecified atom stereocenters. The van der Waals surface area contributed by atoms with Crippen molar-refractivity contribution in [1.82, 2.24) is 14.5 Å². The molecule has 2 aromatic carbocycles. The molecular weight excluding hydrogens is 425 g/mol. The van der Waals surface area contributed by atoms with Crippen LogP contribution in [0, 0.1) is 0 Å². The van der Waals surface area contributed by atoms with E-state index in [4.69, 9.17) is 28.2 Å². The van der Waals surface area contributed by atoms with Crippen LogP contribution in [0.3, 0.4) is 0 Å². The van der Waals surface area contributed by atoms with Gasteiger partial charge in [-0.2, -0.15) is 0 Å². The Morgan fingerprint density at radius 2 is 1.84 bits per heavy atom. The SMILES string of the molecule is Cn1c(-c2ccc(C3CC3)cc2Cl)nc2c1CCN(C1CCc3ccc(Cl)cc3C1)C2. The zero-order chi connectivity index (χ0) is 21.1. The first-order chi connectivity index (χ1) is 15.1. The number of imidazole rings is 1. The molecule has 2 aliphatic carbocycles. The fraction of sp³-hybridized carbons (Fsp3) is 0.423. The molecule has 1 aromatic heterocycles. The smallest absolute Gasteiger partial charge is 0.141 e. The minimum Gasteiger partial charge on any atom is -0.331 e. The van der Waals surface area contributed by atoms with Gasteiger partial charge in [-0.15, -0.1) is 0 Å². The van der Waals surface area contributed by atoms with Gasteiger partial charge in [0.1, 0.15) is 5.82 Å². The molecule has 1 fully saturated rings. The Kier molecular flexibility index (Phi) is 4.90. The molecule has 0 amide bonds. The number of nitrogens with zero attached hydrogens (tertiary/aromatic N) is 3. The lowest BCUT2D eigenvalue weighted by Crippen LogP contribution is -2.42. The van der Waals surface area contributed by atoms with Gasteiger partial charge in [-0.25, -0.2) is 4.98 Å². The first kappa shape index (κ1) is 19.8. The molecule has 1 saturated carbocycles. The predicted molar refractivity (Wildman–Crippen MR) is 127 cm³/mol. The van der Waals surface area contributed by atoms with Gasteiger partial charge in [-0.05, 0) is 79.0 Å². The van der Waals surface area contributed by atoms with Crippen LogP contribution >= 0.6 is 23.2 Å². The lowest BCUT2D eigenvalue weighted by atomic mass is 9.87. The molecule has 0 radical (unpaired) electrons. The van der Waals surface area contributed by atoms with Gasteiger partial charge in [0.2, 0.25) is 0 Å². The van der Waals surface area contributed by atoms with Gasteiger partial charge in [0, 0.05) is 48.9 Å². The van der Waals surface area contributed by atoms with E-state index in [0.29, 0.717) is 12.0 Å². The Morgan fingerprint density at radius 1 is 0.968 bits per heavy atom. The Hall–Kier alpha value is -1.81. The normalized spacial score (nSPS) is 21.1. The van der Waals surface area contributed by atoms with Crippen molar-refractivity contribution in [2.24, 2.45) is 7.05 Å². The number of aryl methyl sites for hydroxylation is 1. The van der Waals surface area contributed by atoms with Gasteiger partial charge >= 0.3 is 0 Å². The summed E-state index contributed by atoms with van der Waals surface area (Å²) in [6, 6.07) is 13.5. The number of aromatic nitrogens is 2. The quantitative estimate of drug-likeness (QED) is 0.473. The van der Waals surface area contributed by atoms with Crippen molar-refractivity contribution in [3.8, 4) is 11.4 Å². The molecule has 3 nitrogen and oxygen atoms in total. The van der Waals surface area contributed by atoms with E-state index >= 15 is 0 Å². The summed E-state index contributed by atoms with van der Waals surface area (Å²) in [5.41, 5.74) is 7.87. The number of fused-ring (bicyclic) bond motifs is 2. The van der Waals surface area contributed by atoms with Crippen LogP contribution in [0.2, 0.25) is 10.0 Å². The second kappa shape index (κ2) is 7.65. The number of hydrogen-bond acceptors (Lipinski definition) is 2. The summed E-state index contributed by atoms with van der Waals surface area (Å²) in [4.78, 5) is 7.72. The predicted octanol–water partition coefficient (Wildman–Crippen LogP) is 6.19. The van der Waals surface area contributed by atoms with Crippen LogP contribution in [-0.2, 0) is 32.9 Å². The number of hydrogen-bond donors (Lipinski definition) is 0. The molecule has 31 heavy (non-hydrogen) atoms. The van der Waals surface area contributed by atoms with E-state index in [1.165, 1.54) is 47.3 Å². The highest BCUT2D eigenvalue weighted by atomic mass is 35.5. The topological polar surface area (TPSA) is 21.1 Å². The molecule has 6 rings (SSSR count). The molecule has 3 aromatic rings. The van der Waals surface area contributed by atoms with Gasteiger partial charge in [-0.3, -0.25) is 4.90 Å². The average molecular weight is 452 g/mol. The summed E-state index contributed by atoms with van der Waals surface area (Å²) in [5, 5.41) is 1.67. The Bertz CT molecular complexity index is 1160. The fourth-order valence-electron chi connectivity index (χ4n) is 5.50. The third-order valence-corrected chi connectivity index (χ3v) is 8.00. The van der Waals surface area contributed by atoms with Gasteiger partial charge in [0.05, 0.1) is 10.7 Å². The summed E-state index contributed by atoms with van der Waals surface area (Å²) < 4.78 is 2.26. The average Bonchev–Trinajstić information content (AvgIpc) is 3.57. The van der Waals surface area contributed by atoms with Crippen LogP contribution in [0.1, 0.15) is 53.3 Å². The molecule has 1 aliphatic heterocycles. The van der Waals surface area contributed by atoms with Crippen LogP contribution in [-0.4, -0.2) is 27.0 Å². The van der Waals surface area contributed by atoms with E-state index in [9.17, 15) is 0 Å². The molecule has 2 heterocycles. The van der Waals surface area contributed by atoms with E-state index in [1.807, 2.05) is 6.07 Å². The fourth-order valence-corrected chi connectivity index (χ4v) is 5.97. The van der Waals surface area contributed by atoms with E-state index in [1.54, 1.807) is 0 Å². The minimum atomic E-state index is 0.561. The monoisotopic (exact) mass is 451 g/mol. The maximum atomic E-state index is 6.71. The largest absolute Gasteiger partial charge is 0.331 e. The summed E-state index contributed by atoms with van der Waals surface area (Å²) >= 11 is 13.0. The zero-order valence-corrected chi connectivity index (χ0v) is 19.4. The van der Waals surface area contributed by atoms with E-state index in [2.05, 4.69) is 46.8 Å². The second-order valence-corrected chi connectivity index (χ2v) is 10.3. The lowest BCUT2D eigenvalue weighted by molar-refractivity contribution is 0.160. The molecule has 0 saturated heterocycles. The standard InChI is InChI=1S/C26H27Cl2N3/c1-30-25-10-11-31(21-8-5-17-4-7-20(27)12-19(17)13-21)15-24(25)29-26(30)22-9-6-18(14-23(22)28)16-2-3-16/h4,6-7,9,12,14,16,21H,2-3,5,8,10-11,13,15H2,1H3. The maximum Gasteiger partial charge on any atom is 0.141 e. The molecule has 0 N–H and O–H groups in total. The molecule has 5 heteroatoms. The Labute approximate surface area is 194 Å². The number of rotatable bonds is 3. The number of benzene rings is 2. The Morgan fingerprint density at radius 3 is 2.65 bits per heavy atom. The van der Waals surface area contributed by atoms with Gasteiger partial charge in [0.15, 0.2) is 0 Å². The summed E-state index contributed by atoms with van der Waals surface area (Å²) in [7, 11) is 2.14. The minimum absolute atomic E-state index is 0.561.